The number of piperazine rings is 1. The quantitative estimate of drug-likeness (QED) is 0.196. The highest BCUT2D eigenvalue weighted by Crippen LogP contribution is 2.43. The second-order valence-electron chi connectivity index (χ2n) is 10.3. The molecule has 226 valence electrons. The van der Waals surface area contributed by atoms with E-state index in [0.717, 1.165) is 21.4 Å². The molecule has 3 heterocycles. The van der Waals surface area contributed by atoms with Gasteiger partial charge in [-0.2, -0.15) is 4.98 Å². The van der Waals surface area contributed by atoms with E-state index < -0.39 is 11.5 Å². The molecule has 1 fully saturated rings. The van der Waals surface area contributed by atoms with Crippen LogP contribution in [0.25, 0.3) is 17.0 Å². The van der Waals surface area contributed by atoms with E-state index in [-0.39, 0.29) is 35.4 Å². The van der Waals surface area contributed by atoms with Gasteiger partial charge in [-0.1, -0.05) is 24.3 Å². The summed E-state index contributed by atoms with van der Waals surface area (Å²) in [6.45, 7) is 11.6. The van der Waals surface area contributed by atoms with E-state index in [1.165, 1.54) is 12.2 Å². The zero-order valence-electron chi connectivity index (χ0n) is 24.1. The van der Waals surface area contributed by atoms with Crippen LogP contribution in [0.2, 0.25) is 0 Å². The maximum atomic E-state index is 14.1. The summed E-state index contributed by atoms with van der Waals surface area (Å²) in [6, 6.07) is 1.46. The minimum Gasteiger partial charge on any atom is -0.382 e. The molecule has 2 aromatic rings. The molecule has 0 spiro atoms. The predicted octanol–water partition coefficient (Wildman–Crippen LogP) is 5.54. The molecule has 1 aromatic heterocycles. The number of allylic oxidation sites excluding steroid dienone is 4. The van der Waals surface area contributed by atoms with Crippen molar-refractivity contribution in [2.45, 2.75) is 43.8 Å². The molecule has 0 aliphatic carbocycles. The lowest BCUT2D eigenvalue weighted by Gasteiger charge is -2.45. The summed E-state index contributed by atoms with van der Waals surface area (Å²) >= 11 is 7.64. The highest BCUT2D eigenvalue weighted by Gasteiger charge is 2.35. The molecule has 2 aliphatic heterocycles. The summed E-state index contributed by atoms with van der Waals surface area (Å²) in [5.41, 5.74) is 1.95. The fourth-order valence-corrected chi connectivity index (χ4v) is 6.83. The first-order chi connectivity index (χ1) is 20.1. The van der Waals surface area contributed by atoms with Crippen molar-refractivity contribution in [2.24, 2.45) is 0 Å². The Morgan fingerprint density at radius 1 is 1.26 bits per heavy atom. The number of carbonyl (C=O) groups is 1. The first-order valence-corrected chi connectivity index (χ1v) is 15.0. The Morgan fingerprint density at radius 2 is 2.02 bits per heavy atom. The second kappa shape index (κ2) is 14.0. The number of carbonyl (C=O) groups excluding carboxylic acids is 1. The number of hydrogen-bond acceptors (Lipinski definition) is 7. The Labute approximate surface area is 253 Å². The third kappa shape index (κ3) is 6.49. The number of rotatable bonds is 10. The van der Waals surface area contributed by atoms with E-state index in [9.17, 15) is 18.4 Å². The van der Waals surface area contributed by atoms with Gasteiger partial charge in [-0.05, 0) is 50.1 Å². The summed E-state index contributed by atoms with van der Waals surface area (Å²) in [5.74, 6) is 0.0716. The largest absolute Gasteiger partial charge is 0.382 e. The van der Waals surface area contributed by atoms with Crippen molar-refractivity contribution < 1.29 is 23.0 Å². The molecular formula is C30H35ClF2N4O4S. The SMILES string of the molecule is C=CC(=O)N1C[C@H](C)N(c2nc(=O)n3c4c(c(/C=C/C(Cl)=C(F)\C=C\F)c(C)cc24)SC[C@@H]3COCCOC)C[C@H]1C. The van der Waals surface area contributed by atoms with Crippen LogP contribution in [0.1, 0.15) is 31.0 Å². The fourth-order valence-electron chi connectivity index (χ4n) is 5.37. The van der Waals surface area contributed by atoms with Gasteiger partial charge in [-0.25, -0.2) is 13.6 Å². The predicted molar refractivity (Wildman–Crippen MR) is 165 cm³/mol. The maximum absolute atomic E-state index is 14.1. The maximum Gasteiger partial charge on any atom is 0.350 e. The van der Waals surface area contributed by atoms with Crippen molar-refractivity contribution in [2.75, 3.05) is 50.7 Å². The van der Waals surface area contributed by atoms with Crippen LogP contribution in [0.15, 0.2) is 57.8 Å². The Balaban J connectivity index is 1.88. The number of aryl methyl sites for hydroxylation is 1. The Kier molecular flexibility index (Phi) is 10.6. The van der Waals surface area contributed by atoms with Crippen LogP contribution in [0, 0.1) is 6.92 Å². The molecule has 2 aliphatic rings. The molecule has 3 atom stereocenters. The van der Waals surface area contributed by atoms with Gasteiger partial charge in [0.1, 0.15) is 11.6 Å². The third-order valence-corrected chi connectivity index (χ3v) is 9.03. The zero-order valence-corrected chi connectivity index (χ0v) is 25.7. The monoisotopic (exact) mass is 620 g/mol. The zero-order chi connectivity index (χ0) is 30.6. The van der Waals surface area contributed by atoms with Crippen LogP contribution >= 0.6 is 23.4 Å². The number of benzene rings is 1. The topological polar surface area (TPSA) is 76.9 Å². The van der Waals surface area contributed by atoms with E-state index in [4.69, 9.17) is 21.1 Å². The number of halogens is 3. The first kappa shape index (κ1) is 31.9. The number of hydrogen-bond donors (Lipinski definition) is 0. The van der Waals surface area contributed by atoms with Crippen molar-refractivity contribution in [3.8, 4) is 0 Å². The Morgan fingerprint density at radius 3 is 2.71 bits per heavy atom. The number of ether oxygens (including phenoxy) is 2. The minimum absolute atomic E-state index is 0.0868. The van der Waals surface area contributed by atoms with Gasteiger partial charge in [0.25, 0.3) is 0 Å². The van der Waals surface area contributed by atoms with Crippen LogP contribution in [0.5, 0.6) is 0 Å². The lowest BCUT2D eigenvalue weighted by Crippen LogP contribution is -2.58. The van der Waals surface area contributed by atoms with Gasteiger partial charge in [-0.3, -0.25) is 9.36 Å². The van der Waals surface area contributed by atoms with Crippen molar-refractivity contribution in [3.63, 3.8) is 0 Å². The number of nitrogens with zero attached hydrogens (tertiary/aromatic N) is 4. The number of anilines is 1. The van der Waals surface area contributed by atoms with Crippen molar-refractivity contribution in [1.29, 1.82) is 0 Å². The Hall–Kier alpha value is -2.99. The minimum atomic E-state index is -0.899. The van der Waals surface area contributed by atoms with Crippen molar-refractivity contribution >= 4 is 52.1 Å². The first-order valence-electron chi connectivity index (χ1n) is 13.6. The van der Waals surface area contributed by atoms with Gasteiger partial charge in [-0.15, -0.1) is 11.8 Å². The highest BCUT2D eigenvalue weighted by atomic mass is 35.5. The molecule has 4 rings (SSSR count). The van der Waals surface area contributed by atoms with E-state index in [1.54, 1.807) is 34.4 Å². The summed E-state index contributed by atoms with van der Waals surface area (Å²) in [5, 5.41) is 0.549. The van der Waals surface area contributed by atoms with Crippen molar-refractivity contribution in [1.82, 2.24) is 14.5 Å². The standard InChI is InChI=1S/C30H35ClF2N4O4S/c1-6-26(38)35-14-20(4)36(15-19(35)3)29-23-13-18(2)22(7-8-24(31)25(33)9-10-32)28-27(23)37(30(39)34-29)21(17-42-28)16-41-12-11-40-5/h6-10,13,19-21H,1,11-12,14-17H2,2-5H3/b8-7+,10-9+,25-24-/t19-,20+,21+/m1/s1. The summed E-state index contributed by atoms with van der Waals surface area (Å²) in [7, 11) is 1.60. The van der Waals surface area contributed by atoms with Gasteiger partial charge >= 0.3 is 5.69 Å². The molecule has 1 amide bonds. The Bertz CT molecular complexity index is 1510. The van der Waals surface area contributed by atoms with E-state index in [2.05, 4.69) is 16.5 Å². The van der Waals surface area contributed by atoms with Gasteiger partial charge < -0.3 is 19.3 Å². The summed E-state index contributed by atoms with van der Waals surface area (Å²) in [6.07, 6.45) is 5.11. The summed E-state index contributed by atoms with van der Waals surface area (Å²) in [4.78, 5) is 35.5. The molecule has 42 heavy (non-hydrogen) atoms. The molecule has 0 saturated carbocycles. The van der Waals surface area contributed by atoms with Crippen molar-refractivity contribution in [3.05, 3.63) is 69.7 Å². The van der Waals surface area contributed by atoms with Gasteiger partial charge in [0.2, 0.25) is 5.91 Å². The van der Waals surface area contributed by atoms with Crippen LogP contribution < -0.4 is 10.6 Å². The summed E-state index contributed by atoms with van der Waals surface area (Å²) < 4.78 is 39.1. The number of aromatic nitrogens is 2. The highest BCUT2D eigenvalue weighted by molar-refractivity contribution is 7.99. The molecule has 0 N–H and O–H groups in total. The fraction of sp³-hybridized carbons (Fsp3) is 0.433. The number of amides is 1. The lowest BCUT2D eigenvalue weighted by molar-refractivity contribution is -0.128. The lowest BCUT2D eigenvalue weighted by atomic mass is 10.0. The van der Waals surface area contributed by atoms with Crippen LogP contribution in [0.4, 0.5) is 14.6 Å². The smallest absolute Gasteiger partial charge is 0.350 e. The molecule has 0 bridgehead atoms. The van der Waals surface area contributed by atoms with E-state index in [0.29, 0.717) is 56.1 Å². The van der Waals surface area contributed by atoms with E-state index in [1.807, 2.05) is 26.8 Å². The average Bonchev–Trinajstić information content (AvgIpc) is 2.97. The normalized spacial score (nSPS) is 21.5. The molecule has 12 heteroatoms. The second-order valence-corrected chi connectivity index (χ2v) is 11.8. The number of methoxy groups -OCH3 is 1. The van der Waals surface area contributed by atoms with Crippen LogP contribution in [-0.2, 0) is 14.3 Å². The molecule has 0 radical (unpaired) electrons. The third-order valence-electron chi connectivity index (χ3n) is 7.47. The average molecular weight is 621 g/mol. The molecule has 0 unspecified atom stereocenters. The molecule has 1 aromatic carbocycles. The van der Waals surface area contributed by atoms with Crippen LogP contribution in [0.3, 0.4) is 0 Å². The van der Waals surface area contributed by atoms with Gasteiger partial charge in [0, 0.05) is 54.4 Å². The molecule has 8 nitrogen and oxygen atoms in total. The van der Waals surface area contributed by atoms with Gasteiger partial charge in [0.05, 0.1) is 42.7 Å². The molecular weight excluding hydrogens is 586 g/mol. The number of thioether (sulfide) groups is 1. The van der Waals surface area contributed by atoms with Crippen LogP contribution in [-0.4, -0.2) is 78.2 Å². The van der Waals surface area contributed by atoms with E-state index >= 15 is 0 Å². The molecule has 1 saturated heterocycles. The van der Waals surface area contributed by atoms with Gasteiger partial charge in [0.15, 0.2) is 0 Å².